The van der Waals surface area contributed by atoms with E-state index < -0.39 is 0 Å². The van der Waals surface area contributed by atoms with Gasteiger partial charge in [-0.05, 0) is 49.7 Å². The molecule has 0 aliphatic carbocycles. The molecule has 2 aromatic carbocycles. The Kier molecular flexibility index (Phi) is 6.46. The number of ether oxygens (including phenoxy) is 2. The molecule has 1 N–H and O–H groups in total. The molecule has 0 aliphatic rings. The van der Waals surface area contributed by atoms with Gasteiger partial charge in [0.2, 0.25) is 5.91 Å². The van der Waals surface area contributed by atoms with E-state index in [9.17, 15) is 4.79 Å². The molecule has 0 bridgehead atoms. The van der Waals surface area contributed by atoms with Gasteiger partial charge in [0, 0.05) is 17.7 Å². The molecule has 0 fully saturated rings. The van der Waals surface area contributed by atoms with Gasteiger partial charge < -0.3 is 19.2 Å². The van der Waals surface area contributed by atoms with Crippen molar-refractivity contribution in [1.82, 2.24) is 4.98 Å². The van der Waals surface area contributed by atoms with Crippen molar-refractivity contribution < 1.29 is 18.7 Å². The van der Waals surface area contributed by atoms with Gasteiger partial charge in [0.05, 0.1) is 19.4 Å². The van der Waals surface area contributed by atoms with E-state index in [1.54, 1.807) is 6.20 Å². The Balaban J connectivity index is 1.42. The molecule has 6 heteroatoms. The van der Waals surface area contributed by atoms with E-state index in [1.807, 2.05) is 55.5 Å². The maximum atomic E-state index is 12.1. The van der Waals surface area contributed by atoms with Crippen molar-refractivity contribution in [2.45, 2.75) is 19.8 Å². The zero-order chi connectivity index (χ0) is 18.9. The van der Waals surface area contributed by atoms with Crippen molar-refractivity contribution in [1.29, 1.82) is 0 Å². The zero-order valence-electron chi connectivity index (χ0n) is 15.2. The van der Waals surface area contributed by atoms with Crippen molar-refractivity contribution in [3.05, 3.63) is 61.1 Å². The smallest absolute Gasteiger partial charge is 0.224 e. The minimum absolute atomic E-state index is 0.0518. The van der Waals surface area contributed by atoms with Crippen molar-refractivity contribution in [3.63, 3.8) is 0 Å². The van der Waals surface area contributed by atoms with Crippen LogP contribution in [0.4, 0.5) is 5.69 Å². The van der Waals surface area contributed by atoms with E-state index in [0.717, 1.165) is 17.0 Å². The third kappa shape index (κ3) is 5.34. The summed E-state index contributed by atoms with van der Waals surface area (Å²) in [5, 5.41) is 2.88. The molecule has 0 unspecified atom stereocenters. The Hall–Kier alpha value is -3.28. The predicted octanol–water partition coefficient (Wildman–Crippen LogP) is 4.54. The second-order valence-electron chi connectivity index (χ2n) is 5.82. The lowest BCUT2D eigenvalue weighted by Crippen LogP contribution is -2.12. The quantitative estimate of drug-likeness (QED) is 0.563. The molecule has 6 nitrogen and oxygen atoms in total. The summed E-state index contributed by atoms with van der Waals surface area (Å²) < 4.78 is 16.5. The number of nitrogens with one attached hydrogen (secondary N) is 1. The number of amides is 1. The van der Waals surface area contributed by atoms with Crippen molar-refractivity contribution in [3.8, 4) is 22.8 Å². The molecule has 0 aliphatic heterocycles. The first-order valence-corrected chi connectivity index (χ1v) is 8.89. The fraction of sp³-hybridized carbons (Fsp3) is 0.238. The van der Waals surface area contributed by atoms with Gasteiger partial charge in [0.25, 0.3) is 0 Å². The predicted molar refractivity (Wildman–Crippen MR) is 103 cm³/mol. The van der Waals surface area contributed by atoms with Gasteiger partial charge >= 0.3 is 0 Å². The standard InChI is InChI=1S/C21H22N2O4/c1-2-25-18-6-3-4-7-19(18)26-13-5-8-21(24)23-17-11-9-16(10-12-17)20-14-22-15-27-20/h3-4,6-7,9-12,14-15H,2,5,8,13H2,1H3,(H,23,24). The molecule has 27 heavy (non-hydrogen) atoms. The van der Waals surface area contributed by atoms with Gasteiger partial charge in [0.15, 0.2) is 23.7 Å². The Labute approximate surface area is 158 Å². The van der Waals surface area contributed by atoms with Gasteiger partial charge in [0.1, 0.15) is 0 Å². The summed E-state index contributed by atoms with van der Waals surface area (Å²) in [6, 6.07) is 15.0. The van der Waals surface area contributed by atoms with Crippen LogP contribution in [0.3, 0.4) is 0 Å². The van der Waals surface area contributed by atoms with Crippen molar-refractivity contribution in [2.24, 2.45) is 0 Å². The first kappa shape index (κ1) is 18.5. The fourth-order valence-electron chi connectivity index (χ4n) is 2.56. The molecular formula is C21H22N2O4. The molecule has 0 radical (unpaired) electrons. The molecule has 0 spiro atoms. The Morgan fingerprint density at radius 1 is 1.07 bits per heavy atom. The molecule has 1 amide bonds. The number of benzene rings is 2. The number of anilines is 1. The highest BCUT2D eigenvalue weighted by Gasteiger charge is 2.06. The number of carbonyl (C=O) groups excluding carboxylic acids is 1. The number of hydrogen-bond donors (Lipinski definition) is 1. The lowest BCUT2D eigenvalue weighted by atomic mass is 10.1. The third-order valence-electron chi connectivity index (χ3n) is 3.84. The fourth-order valence-corrected chi connectivity index (χ4v) is 2.56. The molecule has 0 saturated heterocycles. The molecular weight excluding hydrogens is 344 g/mol. The van der Waals surface area contributed by atoms with Gasteiger partial charge in [-0.2, -0.15) is 0 Å². The zero-order valence-corrected chi connectivity index (χ0v) is 15.2. The summed E-state index contributed by atoms with van der Waals surface area (Å²) in [5.41, 5.74) is 1.65. The van der Waals surface area contributed by atoms with Gasteiger partial charge in [-0.1, -0.05) is 12.1 Å². The first-order valence-electron chi connectivity index (χ1n) is 8.89. The van der Waals surface area contributed by atoms with Crippen LogP contribution in [-0.2, 0) is 4.79 Å². The topological polar surface area (TPSA) is 73.6 Å². The lowest BCUT2D eigenvalue weighted by Gasteiger charge is -2.11. The van der Waals surface area contributed by atoms with E-state index in [0.29, 0.717) is 37.6 Å². The van der Waals surface area contributed by atoms with Crippen molar-refractivity contribution in [2.75, 3.05) is 18.5 Å². The van der Waals surface area contributed by atoms with Gasteiger partial charge in [-0.3, -0.25) is 4.79 Å². The van der Waals surface area contributed by atoms with E-state index in [-0.39, 0.29) is 5.91 Å². The second kappa shape index (κ2) is 9.43. The minimum atomic E-state index is -0.0518. The Morgan fingerprint density at radius 3 is 2.48 bits per heavy atom. The number of nitrogens with zero attached hydrogens (tertiary/aromatic N) is 1. The number of para-hydroxylation sites is 2. The Morgan fingerprint density at radius 2 is 1.81 bits per heavy atom. The average molecular weight is 366 g/mol. The highest BCUT2D eigenvalue weighted by atomic mass is 16.5. The number of rotatable bonds is 9. The van der Waals surface area contributed by atoms with Crippen LogP contribution >= 0.6 is 0 Å². The summed E-state index contributed by atoms with van der Waals surface area (Å²) >= 11 is 0. The molecule has 1 aromatic heterocycles. The monoisotopic (exact) mass is 366 g/mol. The number of hydrogen-bond acceptors (Lipinski definition) is 5. The van der Waals surface area contributed by atoms with Crippen LogP contribution in [0, 0.1) is 0 Å². The van der Waals surface area contributed by atoms with E-state index in [4.69, 9.17) is 13.9 Å². The summed E-state index contributed by atoms with van der Waals surface area (Å²) in [6.07, 6.45) is 4.03. The summed E-state index contributed by atoms with van der Waals surface area (Å²) in [7, 11) is 0. The molecule has 3 aromatic rings. The van der Waals surface area contributed by atoms with Crippen LogP contribution < -0.4 is 14.8 Å². The normalized spacial score (nSPS) is 10.4. The largest absolute Gasteiger partial charge is 0.490 e. The second-order valence-corrected chi connectivity index (χ2v) is 5.82. The maximum Gasteiger partial charge on any atom is 0.224 e. The first-order chi connectivity index (χ1) is 13.3. The van der Waals surface area contributed by atoms with Crippen molar-refractivity contribution >= 4 is 11.6 Å². The Bertz CT molecular complexity index is 845. The lowest BCUT2D eigenvalue weighted by molar-refractivity contribution is -0.116. The number of oxazole rings is 1. The highest BCUT2D eigenvalue weighted by Crippen LogP contribution is 2.26. The van der Waals surface area contributed by atoms with Gasteiger partial charge in [-0.15, -0.1) is 0 Å². The molecule has 0 atom stereocenters. The third-order valence-corrected chi connectivity index (χ3v) is 3.84. The average Bonchev–Trinajstić information content (AvgIpc) is 3.22. The summed E-state index contributed by atoms with van der Waals surface area (Å²) in [4.78, 5) is 16.0. The van der Waals surface area contributed by atoms with Crippen LogP contribution in [0.15, 0.2) is 65.5 Å². The highest BCUT2D eigenvalue weighted by molar-refractivity contribution is 5.90. The summed E-state index contributed by atoms with van der Waals surface area (Å²) in [5.74, 6) is 2.06. The van der Waals surface area contributed by atoms with Crippen LogP contribution in [0.1, 0.15) is 19.8 Å². The molecule has 140 valence electrons. The molecule has 3 rings (SSSR count). The maximum absolute atomic E-state index is 12.1. The van der Waals surface area contributed by atoms with Crippen LogP contribution in [0.2, 0.25) is 0 Å². The molecule has 0 saturated carbocycles. The van der Waals surface area contributed by atoms with Crippen LogP contribution in [-0.4, -0.2) is 24.1 Å². The van der Waals surface area contributed by atoms with E-state index in [1.165, 1.54) is 6.39 Å². The summed E-state index contributed by atoms with van der Waals surface area (Å²) in [6.45, 7) is 2.96. The minimum Gasteiger partial charge on any atom is -0.490 e. The number of carbonyl (C=O) groups is 1. The van der Waals surface area contributed by atoms with E-state index >= 15 is 0 Å². The number of aromatic nitrogens is 1. The van der Waals surface area contributed by atoms with Crippen LogP contribution in [0.5, 0.6) is 11.5 Å². The van der Waals surface area contributed by atoms with Crippen LogP contribution in [0.25, 0.3) is 11.3 Å². The SMILES string of the molecule is CCOc1ccccc1OCCCC(=O)Nc1ccc(-c2cnco2)cc1. The van der Waals surface area contributed by atoms with Gasteiger partial charge in [-0.25, -0.2) is 4.98 Å². The van der Waals surface area contributed by atoms with E-state index in [2.05, 4.69) is 10.3 Å². The molecule has 1 heterocycles.